The molecular weight excluding hydrogens is 1100 g/mol. The molecule has 0 amide bonds. The quantitative estimate of drug-likeness (QED) is 0.146. The fourth-order valence-electron chi connectivity index (χ4n) is 26.0. The fraction of sp³-hybridized carbons (Fsp3) is 0.875. The number of aliphatic hydroxyl groups is 3. The molecule has 476 valence electrons. The van der Waals surface area contributed by atoms with Crippen LogP contribution in [0.1, 0.15) is 288 Å². The van der Waals surface area contributed by atoms with Crippen LogP contribution < -0.4 is 0 Å². The Labute approximate surface area is 514 Å². The molecule has 0 bridgehead atoms. The average Bonchev–Trinajstić information content (AvgIpc) is 1.35. The van der Waals surface area contributed by atoms with Crippen LogP contribution in [0.2, 0.25) is 0 Å². The molecule has 13 nitrogen and oxygen atoms in total. The zero-order valence-corrected chi connectivity index (χ0v) is 55.0. The molecule has 14 heteroatoms. The summed E-state index contributed by atoms with van der Waals surface area (Å²) in [5.41, 5.74) is 2.56. The van der Waals surface area contributed by atoms with Gasteiger partial charge >= 0.3 is 7.82 Å². The molecule has 15 rings (SSSR count). The first-order chi connectivity index (χ1) is 40.7. The monoisotopic (exact) mass is 1210 g/mol. The maximum absolute atomic E-state index is 15.2. The van der Waals surface area contributed by atoms with Crippen LogP contribution in [0.5, 0.6) is 0 Å². The molecule has 0 spiro atoms. The zero-order valence-electron chi connectivity index (χ0n) is 54.1. The van der Waals surface area contributed by atoms with Crippen molar-refractivity contribution in [2.45, 2.75) is 290 Å². The summed E-state index contributed by atoms with van der Waals surface area (Å²) in [6, 6.07) is 6.10. The highest BCUT2D eigenvalue weighted by atomic mass is 31.2. The van der Waals surface area contributed by atoms with E-state index in [-0.39, 0.29) is 53.8 Å². The minimum absolute atomic E-state index is 0.118. The molecule has 12 unspecified atom stereocenters. The van der Waals surface area contributed by atoms with E-state index in [9.17, 15) is 15.3 Å². The molecule has 12 fully saturated rings. The van der Waals surface area contributed by atoms with Gasteiger partial charge in [-0.25, -0.2) is 4.57 Å². The second kappa shape index (κ2) is 20.8. The lowest BCUT2D eigenvalue weighted by molar-refractivity contribution is -0.143. The van der Waals surface area contributed by atoms with E-state index >= 15 is 4.57 Å². The summed E-state index contributed by atoms with van der Waals surface area (Å²) in [5, 5.41) is 47.5. The summed E-state index contributed by atoms with van der Waals surface area (Å²) in [7, 11) is -4.31. The Balaban J connectivity index is 0.633. The lowest BCUT2D eigenvalue weighted by atomic mass is 9.44. The van der Waals surface area contributed by atoms with Crippen molar-refractivity contribution in [3.05, 3.63) is 52.6 Å². The van der Waals surface area contributed by atoms with Gasteiger partial charge < -0.3 is 28.9 Å². The normalized spacial score (nSPS) is 51.0. The third-order valence-corrected chi connectivity index (χ3v) is 32.1. The van der Waals surface area contributed by atoms with E-state index in [0.29, 0.717) is 105 Å². The fourth-order valence-corrected chi connectivity index (χ4v) is 27.1. The molecule has 12 aliphatic rings. The summed E-state index contributed by atoms with van der Waals surface area (Å²) in [4.78, 5) is 0. The number of hydrogen-bond donors (Lipinski definition) is 3. The Morgan fingerprint density at radius 3 is 0.953 bits per heavy atom. The second-order valence-corrected chi connectivity index (χ2v) is 36.7. The van der Waals surface area contributed by atoms with Crippen molar-refractivity contribution in [2.24, 2.45) is 104 Å². The van der Waals surface area contributed by atoms with Crippen LogP contribution in [0.15, 0.2) is 31.8 Å². The highest BCUT2D eigenvalue weighted by Crippen LogP contribution is 2.73. The number of aromatic nitrogens is 3. The lowest BCUT2D eigenvalue weighted by Gasteiger charge is -2.61. The van der Waals surface area contributed by atoms with Crippen molar-refractivity contribution in [1.29, 1.82) is 0 Å². The smallest absolute Gasteiger partial charge is 0.390 e. The maximum Gasteiger partial charge on any atom is 0.476 e. The predicted molar refractivity (Wildman–Crippen MR) is 327 cm³/mol. The first-order valence-corrected chi connectivity index (χ1v) is 36.8. The third kappa shape index (κ3) is 9.64. The van der Waals surface area contributed by atoms with Crippen molar-refractivity contribution in [1.82, 2.24) is 15.5 Å². The van der Waals surface area contributed by atoms with Gasteiger partial charge in [0.15, 0.2) is 17.3 Å². The number of rotatable bonds is 12. The van der Waals surface area contributed by atoms with Gasteiger partial charge in [-0.1, -0.05) is 57.0 Å². The Hall–Kier alpha value is -2.38. The van der Waals surface area contributed by atoms with Gasteiger partial charge in [0.05, 0.1) is 33.9 Å². The van der Waals surface area contributed by atoms with E-state index in [4.69, 9.17) is 42.6 Å². The van der Waals surface area contributed by atoms with E-state index in [1.807, 2.05) is 18.2 Å². The molecular formula is C72H108N3O10P. The van der Waals surface area contributed by atoms with Crippen LogP contribution in [-0.2, 0) is 38.0 Å². The summed E-state index contributed by atoms with van der Waals surface area (Å²) in [6.07, 6.45) is 30.4. The van der Waals surface area contributed by atoms with Crippen molar-refractivity contribution in [2.75, 3.05) is 0 Å². The first-order valence-electron chi connectivity index (χ1n) is 35.3. The van der Waals surface area contributed by atoms with Crippen LogP contribution in [0.3, 0.4) is 0 Å². The molecule has 3 aromatic rings. The van der Waals surface area contributed by atoms with Gasteiger partial charge in [0, 0.05) is 36.0 Å². The van der Waals surface area contributed by atoms with E-state index < -0.39 is 24.6 Å². The second-order valence-electron chi connectivity index (χ2n) is 35.0. The molecule has 12 saturated carbocycles. The number of nitrogens with zero attached hydrogens (tertiary/aromatic N) is 3. The molecule has 0 radical (unpaired) electrons. The van der Waals surface area contributed by atoms with Gasteiger partial charge in [-0.2, -0.15) is 0 Å². The lowest BCUT2D eigenvalue weighted by Crippen LogP contribution is -2.55. The molecule has 0 aromatic carbocycles. The van der Waals surface area contributed by atoms with Crippen LogP contribution in [-0.4, -0.2) is 47.6 Å². The molecule has 3 aromatic heterocycles. The van der Waals surface area contributed by atoms with Crippen molar-refractivity contribution in [3.63, 3.8) is 0 Å². The summed E-state index contributed by atoms with van der Waals surface area (Å²) in [6.45, 7) is 21.0. The molecule has 0 saturated heterocycles. The van der Waals surface area contributed by atoms with Crippen LogP contribution in [0.25, 0.3) is 0 Å². The standard InChI is InChI=1S/C72H108N3O10P/c1-64(76)28-31-67(4)43(37-64)10-13-49-52-16-19-58(70(52,7)25-22-55(49)67)61-34-46(83-73-61)40-80-86(79,81-41-47-35-62(74-84-47)59-20-17-53-50-14-11-44-38-65(2,77)29-32-68(44,5)56(50)23-26-71(53,59)8)82-42-48-36-63(75-85-48)60-21-18-54-51-15-12-45-39-66(3,78)30-33-69(45,6)57(51)24-27-72(54,60)9/h34-36,43-45,49-60,76-78H,10-33,37-42H2,1-9H3/t43?,44?,45?,49?,50?,51?,52?,53?,54?,55?,56?,57?,58-,59-,60-,64-,65-,66-,67+,68+,69+,70+,71+,72+,86?/m1/s1. The Kier molecular flexibility index (Phi) is 14.5. The predicted octanol–water partition coefficient (Wildman–Crippen LogP) is 17.3. The molecule has 0 aliphatic heterocycles. The van der Waals surface area contributed by atoms with Crippen LogP contribution in [0.4, 0.5) is 0 Å². The minimum Gasteiger partial charge on any atom is -0.390 e. The Morgan fingerprint density at radius 2 is 0.663 bits per heavy atom. The zero-order chi connectivity index (χ0) is 59.8. The van der Waals surface area contributed by atoms with Crippen LogP contribution >= 0.6 is 7.82 Å². The Morgan fingerprint density at radius 1 is 0.384 bits per heavy atom. The average molecular weight is 1210 g/mol. The first kappa shape index (κ1) is 59.9. The van der Waals surface area contributed by atoms with Crippen molar-refractivity contribution < 1.29 is 47.0 Å². The van der Waals surface area contributed by atoms with E-state index in [0.717, 1.165) is 94.1 Å². The van der Waals surface area contributed by atoms with E-state index in [2.05, 4.69) is 62.3 Å². The van der Waals surface area contributed by atoms with Gasteiger partial charge in [-0.3, -0.25) is 13.6 Å². The molecule has 12 aliphatic carbocycles. The van der Waals surface area contributed by atoms with Gasteiger partial charge in [0.25, 0.3) is 0 Å². The Bertz CT molecular complexity index is 2740. The minimum atomic E-state index is -4.31. The van der Waals surface area contributed by atoms with Gasteiger partial charge in [0.1, 0.15) is 19.8 Å². The molecule has 3 heterocycles. The number of phosphoric ester groups is 1. The largest absolute Gasteiger partial charge is 0.476 e. The molecule has 24 atom stereocenters. The van der Waals surface area contributed by atoms with E-state index in [1.165, 1.54) is 96.3 Å². The van der Waals surface area contributed by atoms with Gasteiger partial charge in [0.2, 0.25) is 0 Å². The highest BCUT2D eigenvalue weighted by molar-refractivity contribution is 7.48. The maximum atomic E-state index is 15.2. The van der Waals surface area contributed by atoms with Crippen molar-refractivity contribution >= 4 is 7.82 Å². The van der Waals surface area contributed by atoms with Gasteiger partial charge in [-0.05, 0) is 298 Å². The van der Waals surface area contributed by atoms with Crippen LogP contribution in [0, 0.1) is 104 Å². The molecule has 3 N–H and O–H groups in total. The number of fused-ring (bicyclic) bond motifs is 15. The van der Waals surface area contributed by atoms with Crippen molar-refractivity contribution in [3.8, 4) is 0 Å². The third-order valence-electron chi connectivity index (χ3n) is 30.8. The number of hydrogen-bond acceptors (Lipinski definition) is 13. The summed E-state index contributed by atoms with van der Waals surface area (Å²) >= 11 is 0. The van der Waals surface area contributed by atoms with E-state index in [1.54, 1.807) is 0 Å². The molecule has 86 heavy (non-hydrogen) atoms. The topological polar surface area (TPSA) is 184 Å². The number of phosphoric acid groups is 1. The van der Waals surface area contributed by atoms with Gasteiger partial charge in [-0.15, -0.1) is 0 Å². The summed E-state index contributed by atoms with van der Waals surface area (Å²) in [5.74, 6) is 10.2. The summed E-state index contributed by atoms with van der Waals surface area (Å²) < 4.78 is 52.5. The SMILES string of the molecule is C[C@@]1(O)CC[C@@]2(C)C(CCC3C2CC[C@@]2(C)C3CC[C@@H]2c2cc(COP(=O)(OCc3cc([C@H]4CCC5C6CCC7C[C@](C)(O)CC[C@]7(C)C6CC[C@@]54C)no3)OCc3cc([C@H]4CCC5C6CCC7C[C@](C)(O)CC[C@]7(C)C6CC[C@@]54C)no3)on2)C1. The highest BCUT2D eigenvalue weighted by Gasteiger charge is 2.65.